The van der Waals surface area contributed by atoms with Gasteiger partial charge in [-0.2, -0.15) is 0 Å². The topological polar surface area (TPSA) is 67.6 Å². The predicted octanol–water partition coefficient (Wildman–Crippen LogP) is 0.938. The molecule has 2 rings (SSSR count). The summed E-state index contributed by atoms with van der Waals surface area (Å²) in [5.74, 6) is -0.0161. The molecule has 1 saturated heterocycles. The molecule has 2 aliphatic rings. The van der Waals surface area contributed by atoms with Crippen LogP contribution in [0.2, 0.25) is 0 Å². The number of ether oxygens (including phenoxy) is 1. The second-order valence-corrected chi connectivity index (χ2v) is 5.38. The van der Waals surface area contributed by atoms with Crippen molar-refractivity contribution in [2.75, 3.05) is 32.8 Å². The van der Waals surface area contributed by atoms with Gasteiger partial charge in [0.2, 0.25) is 5.91 Å². The van der Waals surface area contributed by atoms with E-state index in [1.807, 2.05) is 0 Å². The van der Waals surface area contributed by atoms with E-state index < -0.39 is 5.54 Å². The molecule has 0 aromatic carbocycles. The molecule has 1 saturated carbocycles. The molecule has 0 unspecified atom stereocenters. The Bertz CT molecular complexity index is 295. The highest BCUT2D eigenvalue weighted by Crippen LogP contribution is 2.25. The van der Waals surface area contributed by atoms with E-state index in [-0.39, 0.29) is 30.7 Å². The van der Waals surface area contributed by atoms with Gasteiger partial charge in [-0.05, 0) is 32.2 Å². The van der Waals surface area contributed by atoms with Crippen LogP contribution in [0.3, 0.4) is 0 Å². The fourth-order valence-corrected chi connectivity index (χ4v) is 2.49. The lowest BCUT2D eigenvalue weighted by Crippen LogP contribution is -2.57. The second-order valence-electron chi connectivity index (χ2n) is 5.38. The molecule has 1 heterocycles. The summed E-state index contributed by atoms with van der Waals surface area (Å²) in [5, 5.41) is 2.98. The fraction of sp³-hybridized carbons (Fsp3) is 0.923. The summed E-state index contributed by atoms with van der Waals surface area (Å²) in [6.07, 6.45) is 3.86. The SMILES string of the molecule is CCN(CCNC(=O)C1(N)CCOCC1)C1CC1.Cl.Cl. The van der Waals surface area contributed by atoms with Gasteiger partial charge >= 0.3 is 0 Å². The van der Waals surface area contributed by atoms with E-state index in [0.29, 0.717) is 32.6 Å². The van der Waals surface area contributed by atoms with Gasteiger partial charge in [-0.25, -0.2) is 0 Å². The summed E-state index contributed by atoms with van der Waals surface area (Å²) in [4.78, 5) is 14.5. The highest BCUT2D eigenvalue weighted by atomic mass is 35.5. The van der Waals surface area contributed by atoms with Gasteiger partial charge in [-0.3, -0.25) is 9.69 Å². The molecule has 7 heteroatoms. The molecule has 0 bridgehead atoms. The van der Waals surface area contributed by atoms with Crippen LogP contribution in [0.4, 0.5) is 0 Å². The molecule has 0 spiro atoms. The number of likely N-dealkylation sites (N-methyl/N-ethyl adjacent to an activating group) is 1. The van der Waals surface area contributed by atoms with Gasteiger partial charge in [0.15, 0.2) is 0 Å². The molecule has 1 amide bonds. The Balaban J connectivity index is 0.00000180. The van der Waals surface area contributed by atoms with Crippen LogP contribution in [0.15, 0.2) is 0 Å². The number of carbonyl (C=O) groups is 1. The molecule has 1 aliphatic carbocycles. The molecule has 0 radical (unpaired) electrons. The Morgan fingerprint density at radius 1 is 1.35 bits per heavy atom. The lowest BCUT2D eigenvalue weighted by molar-refractivity contribution is -0.129. The minimum absolute atomic E-state index is 0. The number of rotatable bonds is 6. The van der Waals surface area contributed by atoms with Crippen molar-refractivity contribution in [1.29, 1.82) is 0 Å². The van der Waals surface area contributed by atoms with Crippen LogP contribution in [0.25, 0.3) is 0 Å². The molecule has 0 aromatic heterocycles. The Morgan fingerprint density at radius 3 is 2.45 bits per heavy atom. The molecule has 3 N–H and O–H groups in total. The van der Waals surface area contributed by atoms with Crippen molar-refractivity contribution in [1.82, 2.24) is 10.2 Å². The number of nitrogens with one attached hydrogen (secondary N) is 1. The minimum Gasteiger partial charge on any atom is -0.381 e. The number of halogens is 2. The molecule has 0 aromatic rings. The largest absolute Gasteiger partial charge is 0.381 e. The van der Waals surface area contributed by atoms with Gasteiger partial charge in [0.05, 0.1) is 5.54 Å². The Morgan fingerprint density at radius 2 is 1.95 bits per heavy atom. The van der Waals surface area contributed by atoms with Crippen molar-refractivity contribution in [3.63, 3.8) is 0 Å². The van der Waals surface area contributed by atoms with Gasteiger partial charge in [-0.15, -0.1) is 24.8 Å². The van der Waals surface area contributed by atoms with Gasteiger partial charge < -0.3 is 15.8 Å². The first-order chi connectivity index (χ1) is 8.65. The first kappa shape index (κ1) is 19.9. The number of carbonyl (C=O) groups excluding carboxylic acids is 1. The average molecular weight is 328 g/mol. The number of nitrogens with two attached hydrogens (primary N) is 1. The van der Waals surface area contributed by atoms with Crippen molar-refractivity contribution in [3.05, 3.63) is 0 Å². The normalized spacial score (nSPS) is 20.8. The van der Waals surface area contributed by atoms with E-state index >= 15 is 0 Å². The third-order valence-corrected chi connectivity index (χ3v) is 3.99. The molecule has 2 fully saturated rings. The lowest BCUT2D eigenvalue weighted by Gasteiger charge is -2.32. The van der Waals surface area contributed by atoms with E-state index in [0.717, 1.165) is 19.1 Å². The Kier molecular flexibility index (Phi) is 9.02. The van der Waals surface area contributed by atoms with Crippen LogP contribution in [0, 0.1) is 0 Å². The van der Waals surface area contributed by atoms with E-state index in [9.17, 15) is 4.79 Å². The zero-order valence-corrected chi connectivity index (χ0v) is 13.7. The van der Waals surface area contributed by atoms with E-state index in [4.69, 9.17) is 10.5 Å². The quantitative estimate of drug-likeness (QED) is 0.761. The maximum Gasteiger partial charge on any atom is 0.240 e. The van der Waals surface area contributed by atoms with Gasteiger partial charge in [0, 0.05) is 32.3 Å². The molecular formula is C13H27Cl2N3O2. The predicted molar refractivity (Wildman–Crippen MR) is 84.7 cm³/mol. The smallest absolute Gasteiger partial charge is 0.240 e. The second kappa shape index (κ2) is 9.05. The Hall–Kier alpha value is -0.0700. The third kappa shape index (κ3) is 5.37. The van der Waals surface area contributed by atoms with Crippen molar-refractivity contribution >= 4 is 30.7 Å². The monoisotopic (exact) mass is 327 g/mol. The lowest BCUT2D eigenvalue weighted by atomic mass is 9.90. The van der Waals surface area contributed by atoms with Crippen LogP contribution < -0.4 is 11.1 Å². The summed E-state index contributed by atoms with van der Waals surface area (Å²) >= 11 is 0. The molecule has 20 heavy (non-hydrogen) atoms. The fourth-order valence-electron chi connectivity index (χ4n) is 2.49. The maximum atomic E-state index is 12.1. The molecule has 0 atom stereocenters. The van der Waals surface area contributed by atoms with Crippen LogP contribution in [0.5, 0.6) is 0 Å². The van der Waals surface area contributed by atoms with Crippen LogP contribution in [-0.4, -0.2) is 55.2 Å². The van der Waals surface area contributed by atoms with Crippen LogP contribution in [-0.2, 0) is 9.53 Å². The number of hydrogen-bond acceptors (Lipinski definition) is 4. The van der Waals surface area contributed by atoms with Crippen molar-refractivity contribution < 1.29 is 9.53 Å². The molecule has 5 nitrogen and oxygen atoms in total. The van der Waals surface area contributed by atoms with E-state index in [1.54, 1.807) is 0 Å². The molecular weight excluding hydrogens is 301 g/mol. The van der Waals surface area contributed by atoms with Crippen LogP contribution in [0.1, 0.15) is 32.6 Å². The first-order valence-corrected chi connectivity index (χ1v) is 7.05. The molecule has 1 aliphatic heterocycles. The average Bonchev–Trinajstić information content (AvgIpc) is 3.19. The van der Waals surface area contributed by atoms with Crippen molar-refractivity contribution in [2.24, 2.45) is 5.73 Å². The highest BCUT2D eigenvalue weighted by Gasteiger charge is 2.35. The summed E-state index contributed by atoms with van der Waals surface area (Å²) in [6.45, 7) is 6.04. The molecule has 120 valence electrons. The van der Waals surface area contributed by atoms with E-state index in [1.165, 1.54) is 12.8 Å². The van der Waals surface area contributed by atoms with Gasteiger partial charge in [0.1, 0.15) is 0 Å². The zero-order chi connectivity index (χ0) is 13.0. The number of hydrogen-bond donors (Lipinski definition) is 2. The van der Waals surface area contributed by atoms with Gasteiger partial charge in [-0.1, -0.05) is 6.92 Å². The zero-order valence-electron chi connectivity index (χ0n) is 12.1. The number of nitrogens with zero attached hydrogens (tertiary/aromatic N) is 1. The number of amides is 1. The van der Waals surface area contributed by atoms with Gasteiger partial charge in [0.25, 0.3) is 0 Å². The highest BCUT2D eigenvalue weighted by molar-refractivity contribution is 5.86. The van der Waals surface area contributed by atoms with Crippen LogP contribution >= 0.6 is 24.8 Å². The minimum atomic E-state index is -0.713. The summed E-state index contributed by atoms with van der Waals surface area (Å²) < 4.78 is 5.25. The standard InChI is InChI=1S/C13H25N3O2.2ClH/c1-2-16(11-3-4-11)8-7-15-12(17)13(14)5-9-18-10-6-13;;/h11H,2-10,14H2,1H3,(H,15,17);2*1H. The Labute approximate surface area is 133 Å². The van der Waals surface area contributed by atoms with Crippen molar-refractivity contribution in [3.8, 4) is 0 Å². The maximum absolute atomic E-state index is 12.1. The third-order valence-electron chi connectivity index (χ3n) is 3.99. The summed E-state index contributed by atoms with van der Waals surface area (Å²) in [7, 11) is 0. The summed E-state index contributed by atoms with van der Waals surface area (Å²) in [6, 6.07) is 0.752. The van der Waals surface area contributed by atoms with Crippen molar-refractivity contribution in [2.45, 2.75) is 44.2 Å². The summed E-state index contributed by atoms with van der Waals surface area (Å²) in [5.41, 5.74) is 5.41. The van der Waals surface area contributed by atoms with E-state index in [2.05, 4.69) is 17.1 Å². The first-order valence-electron chi connectivity index (χ1n) is 7.05.